The standard InChI is InChI=1S/C9H13NO2/c1-4-8(11)12-9(5-2,6-3)7-10/h5-7,10H,2-4H2,1H3. The molecule has 0 saturated carbocycles. The molecule has 12 heavy (non-hydrogen) atoms. The monoisotopic (exact) mass is 167 g/mol. The lowest BCUT2D eigenvalue weighted by atomic mass is 10.1. The molecular weight excluding hydrogens is 154 g/mol. The smallest absolute Gasteiger partial charge is 0.307 e. The first kappa shape index (κ1) is 10.6. The Morgan fingerprint density at radius 1 is 1.58 bits per heavy atom. The van der Waals surface area contributed by atoms with Gasteiger partial charge in [0.1, 0.15) is 0 Å². The van der Waals surface area contributed by atoms with Gasteiger partial charge in [0, 0.05) is 12.6 Å². The van der Waals surface area contributed by atoms with E-state index in [1.165, 1.54) is 12.2 Å². The lowest BCUT2D eigenvalue weighted by Gasteiger charge is -2.21. The van der Waals surface area contributed by atoms with Gasteiger partial charge in [0.05, 0.1) is 0 Å². The number of hydrogen-bond acceptors (Lipinski definition) is 3. The van der Waals surface area contributed by atoms with Crippen molar-refractivity contribution < 1.29 is 9.53 Å². The van der Waals surface area contributed by atoms with Crippen LogP contribution in [0.25, 0.3) is 0 Å². The minimum absolute atomic E-state index is 0.275. The van der Waals surface area contributed by atoms with E-state index < -0.39 is 5.60 Å². The predicted octanol–water partition coefficient (Wildman–Crippen LogP) is 1.70. The van der Waals surface area contributed by atoms with Crippen LogP contribution in [0.1, 0.15) is 13.3 Å². The molecule has 3 nitrogen and oxygen atoms in total. The Morgan fingerprint density at radius 2 is 2.08 bits per heavy atom. The van der Waals surface area contributed by atoms with Gasteiger partial charge in [-0.05, 0) is 12.2 Å². The summed E-state index contributed by atoms with van der Waals surface area (Å²) in [6, 6.07) is 0. The average Bonchev–Trinajstić information content (AvgIpc) is 2.14. The highest BCUT2D eigenvalue weighted by Crippen LogP contribution is 2.11. The van der Waals surface area contributed by atoms with Crippen LogP contribution in [0, 0.1) is 5.41 Å². The predicted molar refractivity (Wildman–Crippen MR) is 48.3 cm³/mol. The summed E-state index contributed by atoms with van der Waals surface area (Å²) >= 11 is 0. The number of hydrogen-bond donors (Lipinski definition) is 1. The van der Waals surface area contributed by atoms with Gasteiger partial charge in [-0.15, -0.1) is 0 Å². The molecule has 3 heteroatoms. The molecule has 0 aromatic carbocycles. The fourth-order valence-corrected chi connectivity index (χ4v) is 0.583. The zero-order chi connectivity index (χ0) is 9.61. The van der Waals surface area contributed by atoms with Crippen molar-refractivity contribution in [2.24, 2.45) is 0 Å². The van der Waals surface area contributed by atoms with Crippen LogP contribution in [0.5, 0.6) is 0 Å². The van der Waals surface area contributed by atoms with Crippen molar-refractivity contribution in [2.75, 3.05) is 0 Å². The summed E-state index contributed by atoms with van der Waals surface area (Å²) in [5, 5.41) is 7.03. The van der Waals surface area contributed by atoms with Crippen LogP contribution in [-0.2, 0) is 9.53 Å². The van der Waals surface area contributed by atoms with E-state index in [4.69, 9.17) is 10.1 Å². The molecule has 0 spiro atoms. The highest BCUT2D eigenvalue weighted by atomic mass is 16.6. The lowest BCUT2D eigenvalue weighted by molar-refractivity contribution is -0.147. The molecule has 0 aliphatic rings. The van der Waals surface area contributed by atoms with Crippen molar-refractivity contribution in [3.8, 4) is 0 Å². The molecule has 0 heterocycles. The summed E-state index contributed by atoms with van der Waals surface area (Å²) in [6.45, 7) is 8.61. The third-order valence-electron chi connectivity index (χ3n) is 1.44. The van der Waals surface area contributed by atoms with Gasteiger partial charge in [-0.2, -0.15) is 0 Å². The van der Waals surface area contributed by atoms with Crippen LogP contribution < -0.4 is 0 Å². The van der Waals surface area contributed by atoms with Crippen LogP contribution in [0.4, 0.5) is 0 Å². The van der Waals surface area contributed by atoms with E-state index >= 15 is 0 Å². The Bertz CT molecular complexity index is 187. The Morgan fingerprint density at radius 3 is 2.33 bits per heavy atom. The largest absolute Gasteiger partial charge is 0.445 e. The van der Waals surface area contributed by atoms with Gasteiger partial charge in [-0.1, -0.05) is 20.1 Å². The van der Waals surface area contributed by atoms with Crippen molar-refractivity contribution in [3.05, 3.63) is 25.3 Å². The minimum atomic E-state index is -1.13. The van der Waals surface area contributed by atoms with Crippen molar-refractivity contribution in [3.63, 3.8) is 0 Å². The van der Waals surface area contributed by atoms with Gasteiger partial charge in [-0.3, -0.25) is 4.79 Å². The topological polar surface area (TPSA) is 50.1 Å². The van der Waals surface area contributed by atoms with Crippen LogP contribution >= 0.6 is 0 Å². The van der Waals surface area contributed by atoms with Crippen LogP contribution in [0.3, 0.4) is 0 Å². The quantitative estimate of drug-likeness (QED) is 0.385. The van der Waals surface area contributed by atoms with Gasteiger partial charge in [0.2, 0.25) is 0 Å². The van der Waals surface area contributed by atoms with E-state index in [1.54, 1.807) is 6.92 Å². The highest BCUT2D eigenvalue weighted by Gasteiger charge is 2.23. The molecule has 1 N–H and O–H groups in total. The average molecular weight is 167 g/mol. The molecule has 0 aromatic rings. The number of esters is 1. The number of ether oxygens (including phenoxy) is 1. The zero-order valence-corrected chi connectivity index (χ0v) is 7.17. The summed E-state index contributed by atoms with van der Waals surface area (Å²) in [6.07, 6.45) is 3.99. The van der Waals surface area contributed by atoms with E-state index in [0.717, 1.165) is 6.21 Å². The number of carbonyl (C=O) groups excluding carboxylic acids is 1. The Hall–Kier alpha value is -1.38. The normalized spacial score (nSPS) is 10.1. The first-order chi connectivity index (χ1) is 5.64. The van der Waals surface area contributed by atoms with E-state index in [-0.39, 0.29) is 12.4 Å². The van der Waals surface area contributed by atoms with E-state index in [1.807, 2.05) is 0 Å². The van der Waals surface area contributed by atoms with Gasteiger partial charge in [-0.25, -0.2) is 0 Å². The Labute approximate surface area is 72.2 Å². The SMILES string of the molecule is C=CC(C=C)(C=N)OC(=O)CC. The van der Waals surface area contributed by atoms with Gasteiger partial charge in [0.15, 0.2) is 5.60 Å². The third-order valence-corrected chi connectivity index (χ3v) is 1.44. The lowest BCUT2D eigenvalue weighted by Crippen LogP contribution is -2.31. The van der Waals surface area contributed by atoms with Crippen LogP contribution in [0.15, 0.2) is 25.3 Å². The molecule has 0 amide bonds. The van der Waals surface area contributed by atoms with Crippen molar-refractivity contribution in [1.29, 1.82) is 5.41 Å². The molecule has 0 aliphatic heterocycles. The molecule has 66 valence electrons. The van der Waals surface area contributed by atoms with Crippen LogP contribution in [0.2, 0.25) is 0 Å². The molecule has 0 fully saturated rings. The summed E-state index contributed by atoms with van der Waals surface area (Å²) in [4.78, 5) is 10.9. The first-order valence-electron chi connectivity index (χ1n) is 3.64. The van der Waals surface area contributed by atoms with E-state index in [9.17, 15) is 4.79 Å². The Balaban J connectivity index is 4.51. The van der Waals surface area contributed by atoms with Crippen LogP contribution in [-0.4, -0.2) is 17.8 Å². The molecular formula is C9H13NO2. The molecule has 0 radical (unpaired) electrons. The summed E-state index contributed by atoms with van der Waals surface area (Å²) < 4.78 is 4.92. The third kappa shape index (κ3) is 2.34. The maximum atomic E-state index is 10.9. The fraction of sp³-hybridized carbons (Fsp3) is 0.333. The highest BCUT2D eigenvalue weighted by molar-refractivity contribution is 5.79. The van der Waals surface area contributed by atoms with Crippen molar-refractivity contribution in [2.45, 2.75) is 18.9 Å². The second-order valence-corrected chi connectivity index (χ2v) is 2.23. The maximum absolute atomic E-state index is 10.9. The molecule has 0 saturated heterocycles. The maximum Gasteiger partial charge on any atom is 0.307 e. The second-order valence-electron chi connectivity index (χ2n) is 2.23. The number of rotatable bonds is 5. The van der Waals surface area contributed by atoms with Crippen molar-refractivity contribution in [1.82, 2.24) is 0 Å². The molecule has 0 bridgehead atoms. The summed E-state index contributed by atoms with van der Waals surface area (Å²) in [5.41, 5.74) is -1.13. The fourth-order valence-electron chi connectivity index (χ4n) is 0.583. The molecule has 0 unspecified atom stereocenters. The molecule has 0 rings (SSSR count). The summed E-state index contributed by atoms with van der Waals surface area (Å²) in [5.74, 6) is -0.377. The van der Waals surface area contributed by atoms with E-state index in [2.05, 4.69) is 13.2 Å². The van der Waals surface area contributed by atoms with Gasteiger partial charge >= 0.3 is 5.97 Å². The number of carbonyl (C=O) groups is 1. The minimum Gasteiger partial charge on any atom is -0.445 e. The summed E-state index contributed by atoms with van der Waals surface area (Å²) in [7, 11) is 0. The van der Waals surface area contributed by atoms with Gasteiger partial charge in [0.25, 0.3) is 0 Å². The van der Waals surface area contributed by atoms with E-state index in [0.29, 0.717) is 0 Å². The first-order valence-corrected chi connectivity index (χ1v) is 3.64. The van der Waals surface area contributed by atoms with Gasteiger partial charge < -0.3 is 10.1 Å². The number of nitrogens with one attached hydrogen (secondary N) is 1. The molecule has 0 aliphatic carbocycles. The zero-order valence-electron chi connectivity index (χ0n) is 7.17. The molecule has 0 aromatic heterocycles. The second kappa shape index (κ2) is 4.49. The molecule has 0 atom stereocenters. The van der Waals surface area contributed by atoms with Crippen molar-refractivity contribution >= 4 is 12.2 Å². The Kier molecular flexibility index (Phi) is 3.97.